The second kappa shape index (κ2) is 7.40. The summed E-state index contributed by atoms with van der Waals surface area (Å²) in [7, 11) is -4.40. The molecule has 3 rings (SSSR count). The quantitative estimate of drug-likeness (QED) is 0.493. The molecule has 28 heavy (non-hydrogen) atoms. The highest BCUT2D eigenvalue weighted by Crippen LogP contribution is 2.32. The molecule has 0 radical (unpaired) electrons. The van der Waals surface area contributed by atoms with Crippen LogP contribution in [0.25, 0.3) is 11.3 Å². The molecule has 10 nitrogen and oxygen atoms in total. The fraction of sp³-hybridized carbons (Fsp3) is 0. The molecule has 0 spiro atoms. The summed E-state index contributed by atoms with van der Waals surface area (Å²) in [4.78, 5) is 23.8. The summed E-state index contributed by atoms with van der Waals surface area (Å²) in [6.07, 6.45) is 1.54. The Balaban J connectivity index is 2.07. The monoisotopic (exact) mass is 400 g/mol. The zero-order chi connectivity index (χ0) is 20.3. The fourth-order valence-corrected chi connectivity index (χ4v) is 3.74. The average Bonchev–Trinajstić information content (AvgIpc) is 2.68. The third kappa shape index (κ3) is 3.78. The van der Waals surface area contributed by atoms with Crippen LogP contribution in [-0.2, 0) is 10.0 Å². The van der Waals surface area contributed by atoms with Gasteiger partial charge in [-0.1, -0.05) is 24.3 Å². The Morgan fingerprint density at radius 1 is 0.893 bits per heavy atom. The minimum absolute atomic E-state index is 0.161. The second-order valence-corrected chi connectivity index (χ2v) is 7.18. The summed E-state index contributed by atoms with van der Waals surface area (Å²) in [5.41, 5.74) is -0.347. The van der Waals surface area contributed by atoms with Crippen LogP contribution in [-0.4, -0.2) is 23.2 Å². The number of aromatic nitrogens is 1. The largest absolute Gasteiger partial charge is 0.296 e. The van der Waals surface area contributed by atoms with Gasteiger partial charge in [-0.3, -0.25) is 29.9 Å². The molecular formula is C17H12N4O6S. The number of nitrogens with zero attached hydrogens (tertiary/aromatic N) is 3. The van der Waals surface area contributed by atoms with Crippen LogP contribution in [0, 0.1) is 20.2 Å². The molecule has 1 heterocycles. The molecule has 1 N–H and O–H groups in total. The lowest BCUT2D eigenvalue weighted by atomic mass is 10.1. The van der Waals surface area contributed by atoms with Crippen LogP contribution in [0.3, 0.4) is 0 Å². The predicted molar refractivity (Wildman–Crippen MR) is 100 cm³/mol. The molecule has 0 aliphatic carbocycles. The van der Waals surface area contributed by atoms with Crippen LogP contribution < -0.4 is 4.72 Å². The van der Waals surface area contributed by atoms with Crippen molar-refractivity contribution >= 4 is 27.1 Å². The van der Waals surface area contributed by atoms with E-state index in [9.17, 15) is 28.6 Å². The third-order valence-corrected chi connectivity index (χ3v) is 5.16. The van der Waals surface area contributed by atoms with Crippen LogP contribution >= 0.6 is 0 Å². The zero-order valence-electron chi connectivity index (χ0n) is 14.1. The average molecular weight is 400 g/mol. The number of para-hydroxylation sites is 1. The van der Waals surface area contributed by atoms with Gasteiger partial charge in [0.2, 0.25) is 0 Å². The molecule has 0 saturated heterocycles. The van der Waals surface area contributed by atoms with Crippen LogP contribution in [0.2, 0.25) is 0 Å². The van der Waals surface area contributed by atoms with Gasteiger partial charge < -0.3 is 0 Å². The molecule has 0 atom stereocenters. The lowest BCUT2D eigenvalue weighted by Crippen LogP contribution is -2.15. The number of nitro benzene ring substituents is 2. The summed E-state index contributed by atoms with van der Waals surface area (Å²) in [5, 5.41) is 22.1. The van der Waals surface area contributed by atoms with E-state index in [1.54, 1.807) is 42.6 Å². The zero-order valence-corrected chi connectivity index (χ0v) is 14.9. The summed E-state index contributed by atoms with van der Waals surface area (Å²) in [6.45, 7) is 0. The van der Waals surface area contributed by atoms with Gasteiger partial charge in [-0.2, -0.15) is 0 Å². The highest BCUT2D eigenvalue weighted by atomic mass is 32.2. The molecule has 3 aromatic rings. The van der Waals surface area contributed by atoms with Gasteiger partial charge in [0.25, 0.3) is 21.4 Å². The van der Waals surface area contributed by atoms with E-state index in [4.69, 9.17) is 0 Å². The van der Waals surface area contributed by atoms with Crippen LogP contribution in [0.5, 0.6) is 0 Å². The lowest BCUT2D eigenvalue weighted by molar-refractivity contribution is -0.396. The van der Waals surface area contributed by atoms with E-state index in [2.05, 4.69) is 9.71 Å². The Bertz CT molecular complexity index is 1170. The molecule has 0 saturated carbocycles. The number of hydrogen-bond acceptors (Lipinski definition) is 7. The van der Waals surface area contributed by atoms with Gasteiger partial charge >= 0.3 is 0 Å². The summed E-state index contributed by atoms with van der Waals surface area (Å²) < 4.78 is 27.9. The first-order valence-electron chi connectivity index (χ1n) is 7.75. The maximum absolute atomic E-state index is 12.8. The molecule has 0 aliphatic rings. The van der Waals surface area contributed by atoms with Gasteiger partial charge in [0.15, 0.2) is 4.90 Å². The van der Waals surface area contributed by atoms with Gasteiger partial charge in [-0.25, -0.2) is 8.42 Å². The smallest absolute Gasteiger partial charge is 0.279 e. The molecule has 0 amide bonds. The fourth-order valence-electron chi connectivity index (χ4n) is 2.51. The van der Waals surface area contributed by atoms with E-state index in [0.29, 0.717) is 17.3 Å². The number of pyridine rings is 1. The topological polar surface area (TPSA) is 145 Å². The van der Waals surface area contributed by atoms with E-state index in [-0.39, 0.29) is 5.69 Å². The Kier molecular flexibility index (Phi) is 5.00. The number of anilines is 1. The molecule has 0 fully saturated rings. The number of nitro groups is 2. The first kappa shape index (κ1) is 18.9. The lowest BCUT2D eigenvalue weighted by Gasteiger charge is -2.12. The van der Waals surface area contributed by atoms with Crippen molar-refractivity contribution in [1.29, 1.82) is 0 Å². The van der Waals surface area contributed by atoms with Crippen molar-refractivity contribution in [3.8, 4) is 11.3 Å². The first-order chi connectivity index (χ1) is 13.3. The summed E-state index contributed by atoms with van der Waals surface area (Å²) in [6, 6.07) is 13.9. The molecule has 0 unspecified atom stereocenters. The molecular weight excluding hydrogens is 388 g/mol. The van der Waals surface area contributed by atoms with Crippen molar-refractivity contribution in [1.82, 2.24) is 4.98 Å². The van der Waals surface area contributed by atoms with Crippen LogP contribution in [0.15, 0.2) is 71.8 Å². The van der Waals surface area contributed by atoms with Gasteiger partial charge in [-0.15, -0.1) is 0 Å². The first-order valence-corrected chi connectivity index (χ1v) is 9.24. The number of nitrogens with one attached hydrogen (secondary N) is 1. The maximum Gasteiger partial charge on any atom is 0.296 e. The van der Waals surface area contributed by atoms with E-state index >= 15 is 0 Å². The summed E-state index contributed by atoms with van der Waals surface area (Å²) >= 11 is 0. The van der Waals surface area contributed by atoms with Gasteiger partial charge in [0.1, 0.15) is 0 Å². The molecule has 0 aliphatic heterocycles. The van der Waals surface area contributed by atoms with Crippen molar-refractivity contribution in [2.24, 2.45) is 0 Å². The molecule has 0 bridgehead atoms. The highest BCUT2D eigenvalue weighted by Gasteiger charge is 2.29. The van der Waals surface area contributed by atoms with E-state index in [1.807, 2.05) is 0 Å². The van der Waals surface area contributed by atoms with Crippen molar-refractivity contribution in [3.05, 3.63) is 87.1 Å². The molecule has 11 heteroatoms. The van der Waals surface area contributed by atoms with E-state index in [1.165, 1.54) is 6.07 Å². The Morgan fingerprint density at radius 3 is 2.25 bits per heavy atom. The van der Waals surface area contributed by atoms with Crippen molar-refractivity contribution < 1.29 is 18.3 Å². The highest BCUT2D eigenvalue weighted by molar-refractivity contribution is 7.92. The molecule has 2 aromatic carbocycles. The van der Waals surface area contributed by atoms with Gasteiger partial charge in [0, 0.05) is 17.8 Å². The minimum Gasteiger partial charge on any atom is -0.279 e. The third-order valence-electron chi connectivity index (χ3n) is 3.75. The Hall–Kier alpha value is -3.86. The molecule has 1 aromatic heterocycles. The second-order valence-electron chi connectivity index (χ2n) is 5.53. The van der Waals surface area contributed by atoms with Crippen LogP contribution in [0.1, 0.15) is 0 Å². The van der Waals surface area contributed by atoms with E-state index < -0.39 is 36.1 Å². The van der Waals surface area contributed by atoms with Crippen LogP contribution in [0.4, 0.5) is 17.1 Å². The predicted octanol–water partition coefficient (Wildman–Crippen LogP) is 3.37. The summed E-state index contributed by atoms with van der Waals surface area (Å²) in [5.74, 6) is 0. The number of benzene rings is 2. The Morgan fingerprint density at radius 2 is 1.61 bits per heavy atom. The standard InChI is InChI=1S/C17H12N4O6S/c22-20(23)12-8-9-17(16(11-12)21(24)25)28(26,27)19-15-7-2-1-5-13(15)14-6-3-4-10-18-14/h1-11,19H. The van der Waals surface area contributed by atoms with Crippen molar-refractivity contribution in [2.45, 2.75) is 4.90 Å². The number of rotatable bonds is 6. The van der Waals surface area contributed by atoms with Gasteiger partial charge in [0.05, 0.1) is 27.3 Å². The van der Waals surface area contributed by atoms with Crippen molar-refractivity contribution in [3.63, 3.8) is 0 Å². The minimum atomic E-state index is -4.40. The Labute approximate surface area is 158 Å². The van der Waals surface area contributed by atoms with Gasteiger partial charge in [-0.05, 0) is 24.3 Å². The number of non-ortho nitro benzene ring substituents is 1. The van der Waals surface area contributed by atoms with Crippen molar-refractivity contribution in [2.75, 3.05) is 4.72 Å². The molecule has 142 valence electrons. The van der Waals surface area contributed by atoms with E-state index in [0.717, 1.165) is 12.1 Å². The maximum atomic E-state index is 12.8. The normalized spacial score (nSPS) is 11.0. The number of hydrogen-bond donors (Lipinski definition) is 1. The number of sulfonamides is 1. The SMILES string of the molecule is O=[N+]([O-])c1ccc(S(=O)(=O)Nc2ccccc2-c2ccccn2)c([N+](=O)[O-])c1.